The molecule has 0 saturated heterocycles. The van der Waals surface area contributed by atoms with Crippen molar-refractivity contribution in [1.82, 2.24) is 9.55 Å². The van der Waals surface area contributed by atoms with Gasteiger partial charge in [-0.3, -0.25) is 0 Å². The van der Waals surface area contributed by atoms with Crippen LogP contribution in [0.1, 0.15) is 57.9 Å². The first-order chi connectivity index (χ1) is 8.34. The summed E-state index contributed by atoms with van der Waals surface area (Å²) in [5.41, 5.74) is 0. The zero-order valence-electron chi connectivity index (χ0n) is 10.7. The molecule has 2 fully saturated rings. The Labute approximate surface area is 104 Å². The van der Waals surface area contributed by atoms with Crippen molar-refractivity contribution in [3.8, 4) is 0 Å². The van der Waals surface area contributed by atoms with Crippen LogP contribution in [0.15, 0.2) is 12.4 Å². The number of imidazole rings is 1. The molecule has 0 bridgehead atoms. The Balaban J connectivity index is 1.70. The number of rotatable bonds is 4. The highest BCUT2D eigenvalue weighted by molar-refractivity contribution is 5.30. The van der Waals surface area contributed by atoms with E-state index in [2.05, 4.69) is 28.0 Å². The molecule has 2 aliphatic carbocycles. The average molecular weight is 233 g/mol. The van der Waals surface area contributed by atoms with E-state index in [1.807, 2.05) is 6.20 Å². The van der Waals surface area contributed by atoms with E-state index >= 15 is 0 Å². The van der Waals surface area contributed by atoms with E-state index < -0.39 is 0 Å². The topological polar surface area (TPSA) is 29.9 Å². The molecule has 0 aliphatic heterocycles. The van der Waals surface area contributed by atoms with Crippen molar-refractivity contribution in [3.05, 3.63) is 12.4 Å². The van der Waals surface area contributed by atoms with Gasteiger partial charge in [0.2, 0.25) is 5.95 Å². The van der Waals surface area contributed by atoms with Gasteiger partial charge in [0, 0.05) is 24.5 Å². The summed E-state index contributed by atoms with van der Waals surface area (Å²) in [6.45, 7) is 2.36. The normalized spacial score (nSPS) is 23.6. The zero-order valence-corrected chi connectivity index (χ0v) is 10.7. The molecular formula is C14H23N3. The van der Waals surface area contributed by atoms with Gasteiger partial charge >= 0.3 is 0 Å². The summed E-state index contributed by atoms with van der Waals surface area (Å²) in [5.74, 6) is 1.93. The maximum atomic E-state index is 4.46. The standard InChI is InChI=1S/C14H23N3/c1-11(12-5-3-2-4-6-12)17-10-9-15-14(17)16-13-7-8-13/h9-13H,2-8H2,1H3,(H,15,16). The van der Waals surface area contributed by atoms with E-state index in [9.17, 15) is 0 Å². The minimum Gasteiger partial charge on any atom is -0.353 e. The maximum Gasteiger partial charge on any atom is 0.203 e. The Morgan fingerprint density at radius 3 is 2.71 bits per heavy atom. The Morgan fingerprint density at radius 1 is 1.24 bits per heavy atom. The summed E-state index contributed by atoms with van der Waals surface area (Å²) < 4.78 is 2.36. The molecule has 1 aromatic heterocycles. The van der Waals surface area contributed by atoms with Crippen molar-refractivity contribution in [3.63, 3.8) is 0 Å². The lowest BCUT2D eigenvalue weighted by Gasteiger charge is -2.29. The summed E-state index contributed by atoms with van der Waals surface area (Å²) in [6, 6.07) is 1.29. The molecule has 0 radical (unpaired) electrons. The van der Waals surface area contributed by atoms with E-state index in [1.165, 1.54) is 44.9 Å². The minimum atomic E-state index is 0.596. The van der Waals surface area contributed by atoms with Crippen LogP contribution in [0.4, 0.5) is 5.95 Å². The lowest BCUT2D eigenvalue weighted by Crippen LogP contribution is -2.21. The zero-order chi connectivity index (χ0) is 11.7. The van der Waals surface area contributed by atoms with E-state index in [1.54, 1.807) is 0 Å². The van der Waals surface area contributed by atoms with Crippen LogP contribution in [0.5, 0.6) is 0 Å². The van der Waals surface area contributed by atoms with Crippen LogP contribution >= 0.6 is 0 Å². The molecule has 0 spiro atoms. The highest BCUT2D eigenvalue weighted by atomic mass is 15.2. The number of hydrogen-bond donors (Lipinski definition) is 1. The van der Waals surface area contributed by atoms with Crippen LogP contribution in [0.3, 0.4) is 0 Å². The predicted molar refractivity (Wildman–Crippen MR) is 70.2 cm³/mol. The van der Waals surface area contributed by atoms with Crippen molar-refractivity contribution in [1.29, 1.82) is 0 Å². The Bertz CT molecular complexity index is 361. The van der Waals surface area contributed by atoms with Crippen molar-refractivity contribution in [2.45, 2.75) is 64.0 Å². The molecule has 0 aromatic carbocycles. The quantitative estimate of drug-likeness (QED) is 0.861. The molecular weight excluding hydrogens is 210 g/mol. The average Bonchev–Trinajstić information content (AvgIpc) is 3.06. The van der Waals surface area contributed by atoms with Gasteiger partial charge in [-0.05, 0) is 38.5 Å². The van der Waals surface area contributed by atoms with Crippen LogP contribution in [0.25, 0.3) is 0 Å². The van der Waals surface area contributed by atoms with Gasteiger partial charge in [0.05, 0.1) is 0 Å². The van der Waals surface area contributed by atoms with E-state index in [0.29, 0.717) is 12.1 Å². The third-order valence-electron chi connectivity index (χ3n) is 4.35. The van der Waals surface area contributed by atoms with Gasteiger partial charge in [-0.2, -0.15) is 0 Å². The van der Waals surface area contributed by atoms with Gasteiger partial charge in [0.25, 0.3) is 0 Å². The van der Waals surface area contributed by atoms with Crippen LogP contribution in [-0.2, 0) is 0 Å². The van der Waals surface area contributed by atoms with Crippen LogP contribution in [-0.4, -0.2) is 15.6 Å². The molecule has 2 aliphatic rings. The van der Waals surface area contributed by atoms with E-state index in [0.717, 1.165) is 11.9 Å². The minimum absolute atomic E-state index is 0.596. The summed E-state index contributed by atoms with van der Waals surface area (Å²) in [4.78, 5) is 4.46. The van der Waals surface area contributed by atoms with Gasteiger partial charge in [-0.25, -0.2) is 4.98 Å². The summed E-state index contributed by atoms with van der Waals surface area (Å²) in [5, 5.41) is 3.54. The van der Waals surface area contributed by atoms with Gasteiger partial charge in [-0.1, -0.05) is 19.3 Å². The fraction of sp³-hybridized carbons (Fsp3) is 0.786. The van der Waals surface area contributed by atoms with E-state index in [-0.39, 0.29) is 0 Å². The molecule has 1 heterocycles. The molecule has 94 valence electrons. The lowest BCUT2D eigenvalue weighted by molar-refractivity contribution is 0.265. The van der Waals surface area contributed by atoms with Gasteiger partial charge in [0.1, 0.15) is 0 Å². The van der Waals surface area contributed by atoms with Gasteiger partial charge in [0.15, 0.2) is 0 Å². The largest absolute Gasteiger partial charge is 0.353 e. The van der Waals surface area contributed by atoms with Crippen LogP contribution in [0.2, 0.25) is 0 Å². The third-order valence-corrected chi connectivity index (χ3v) is 4.35. The summed E-state index contributed by atoms with van der Waals surface area (Å²) >= 11 is 0. The lowest BCUT2D eigenvalue weighted by atomic mass is 9.84. The molecule has 0 amide bonds. The summed E-state index contributed by atoms with van der Waals surface area (Å²) in [6.07, 6.45) is 13.7. The van der Waals surface area contributed by atoms with Gasteiger partial charge < -0.3 is 9.88 Å². The van der Waals surface area contributed by atoms with Gasteiger partial charge in [-0.15, -0.1) is 0 Å². The first-order valence-corrected chi connectivity index (χ1v) is 7.14. The van der Waals surface area contributed by atoms with Crippen molar-refractivity contribution >= 4 is 5.95 Å². The molecule has 1 N–H and O–H groups in total. The molecule has 1 atom stereocenters. The van der Waals surface area contributed by atoms with Crippen LogP contribution < -0.4 is 5.32 Å². The molecule has 1 aromatic rings. The number of nitrogens with one attached hydrogen (secondary N) is 1. The Kier molecular flexibility index (Phi) is 3.08. The highest BCUT2D eigenvalue weighted by Crippen LogP contribution is 2.34. The summed E-state index contributed by atoms with van der Waals surface area (Å²) in [7, 11) is 0. The Morgan fingerprint density at radius 2 is 2.00 bits per heavy atom. The molecule has 2 saturated carbocycles. The first kappa shape index (κ1) is 11.1. The van der Waals surface area contributed by atoms with Crippen molar-refractivity contribution in [2.24, 2.45) is 5.92 Å². The molecule has 17 heavy (non-hydrogen) atoms. The monoisotopic (exact) mass is 233 g/mol. The van der Waals surface area contributed by atoms with Crippen LogP contribution in [0, 0.1) is 5.92 Å². The second kappa shape index (κ2) is 4.71. The maximum absolute atomic E-state index is 4.46. The molecule has 3 heteroatoms. The second-order valence-corrected chi connectivity index (χ2v) is 5.72. The predicted octanol–water partition coefficient (Wildman–Crippen LogP) is 3.60. The number of nitrogens with zero attached hydrogens (tertiary/aromatic N) is 2. The second-order valence-electron chi connectivity index (χ2n) is 5.72. The fourth-order valence-corrected chi connectivity index (χ4v) is 3.01. The fourth-order valence-electron chi connectivity index (χ4n) is 3.01. The molecule has 1 unspecified atom stereocenters. The number of aromatic nitrogens is 2. The third kappa shape index (κ3) is 2.48. The number of hydrogen-bond acceptors (Lipinski definition) is 2. The van der Waals surface area contributed by atoms with Crippen molar-refractivity contribution in [2.75, 3.05) is 5.32 Å². The first-order valence-electron chi connectivity index (χ1n) is 7.14. The molecule has 3 nitrogen and oxygen atoms in total. The van der Waals surface area contributed by atoms with E-state index in [4.69, 9.17) is 0 Å². The molecule has 3 rings (SSSR count). The smallest absolute Gasteiger partial charge is 0.203 e. The van der Waals surface area contributed by atoms with Crippen molar-refractivity contribution < 1.29 is 0 Å². The highest BCUT2D eigenvalue weighted by Gasteiger charge is 2.26. The number of anilines is 1. The Hall–Kier alpha value is -0.990. The SMILES string of the molecule is CC(C1CCCCC1)n1ccnc1NC1CC1.